The maximum Gasteiger partial charge on any atom is 0.274 e. The van der Waals surface area contributed by atoms with Gasteiger partial charge in [-0.2, -0.15) is 0 Å². The molecule has 2 aliphatic rings. The molecule has 4 nitrogen and oxygen atoms in total. The number of hydrogen-bond donors (Lipinski definition) is 0. The molecule has 3 unspecified atom stereocenters. The minimum absolute atomic E-state index is 0.00859. The molecule has 0 spiro atoms. The van der Waals surface area contributed by atoms with Crippen LogP contribution >= 0.6 is 11.6 Å². The lowest BCUT2D eigenvalue weighted by Gasteiger charge is -2.16. The average molecular weight is 432 g/mol. The van der Waals surface area contributed by atoms with Crippen LogP contribution in [0.2, 0.25) is 5.02 Å². The van der Waals surface area contributed by atoms with E-state index < -0.39 is 0 Å². The van der Waals surface area contributed by atoms with Crippen LogP contribution in [0.25, 0.3) is 0 Å². The quantitative estimate of drug-likeness (QED) is 0.621. The molecule has 0 aromatic heterocycles. The lowest BCUT2D eigenvalue weighted by molar-refractivity contribution is 0.210. The Kier molecular flexibility index (Phi) is 6.32. The number of nitrogens with zero attached hydrogens (tertiary/aromatic N) is 2. The van der Waals surface area contributed by atoms with Crippen LogP contribution < -0.4 is 0 Å². The third kappa shape index (κ3) is 4.81. The van der Waals surface area contributed by atoms with E-state index in [9.17, 15) is 8.78 Å². The first-order valence-electron chi connectivity index (χ1n) is 9.99. The van der Waals surface area contributed by atoms with Crippen LogP contribution in [-0.4, -0.2) is 37.1 Å². The van der Waals surface area contributed by atoms with Gasteiger partial charge in [-0.1, -0.05) is 29.8 Å². The van der Waals surface area contributed by atoms with Crippen LogP contribution in [-0.2, 0) is 22.3 Å². The smallest absolute Gasteiger partial charge is 0.274 e. The summed E-state index contributed by atoms with van der Waals surface area (Å²) < 4.78 is 38.0. The highest BCUT2D eigenvalue weighted by atomic mass is 35.5. The normalized spacial score (nSPS) is 22.7. The Labute approximate surface area is 179 Å². The summed E-state index contributed by atoms with van der Waals surface area (Å²) >= 11 is 6.10. The summed E-state index contributed by atoms with van der Waals surface area (Å²) in [6, 6.07) is 9.43. The first kappa shape index (κ1) is 20.8. The van der Waals surface area contributed by atoms with E-state index in [0.717, 1.165) is 30.4 Å². The van der Waals surface area contributed by atoms with Gasteiger partial charge in [-0.05, 0) is 67.5 Å². The van der Waals surface area contributed by atoms with Crippen LogP contribution in [0.4, 0.5) is 8.78 Å². The molecule has 30 heavy (non-hydrogen) atoms. The Morgan fingerprint density at radius 3 is 2.80 bits per heavy atom. The summed E-state index contributed by atoms with van der Waals surface area (Å²) in [6.45, 7) is 2.23. The van der Waals surface area contributed by atoms with Crippen LogP contribution in [0.3, 0.4) is 0 Å². The van der Waals surface area contributed by atoms with Crippen LogP contribution in [0.1, 0.15) is 29.5 Å². The molecule has 0 bridgehead atoms. The molecule has 157 valence electrons. The maximum absolute atomic E-state index is 13.4. The molecule has 7 heteroatoms. The van der Waals surface area contributed by atoms with Crippen molar-refractivity contribution >= 4 is 23.9 Å². The van der Waals surface area contributed by atoms with Crippen molar-refractivity contribution in [1.82, 2.24) is 0 Å². The highest BCUT2D eigenvalue weighted by molar-refractivity contribution is 6.31. The van der Waals surface area contributed by atoms with E-state index in [2.05, 4.69) is 16.4 Å². The van der Waals surface area contributed by atoms with Crippen molar-refractivity contribution in [2.75, 3.05) is 6.61 Å². The van der Waals surface area contributed by atoms with Gasteiger partial charge >= 0.3 is 0 Å². The second-order valence-electron chi connectivity index (χ2n) is 7.65. The molecule has 4 rings (SSSR count). The fourth-order valence-electron chi connectivity index (χ4n) is 3.69. The van der Waals surface area contributed by atoms with Crippen molar-refractivity contribution in [1.29, 1.82) is 0 Å². The number of rotatable bonds is 7. The maximum atomic E-state index is 13.4. The van der Waals surface area contributed by atoms with Gasteiger partial charge in [0.05, 0.1) is 6.04 Å². The Morgan fingerprint density at radius 1 is 1.13 bits per heavy atom. The Balaban J connectivity index is 1.33. The number of hydrogen-bond acceptors (Lipinski definition) is 4. The number of ether oxygens (including phenoxy) is 2. The summed E-state index contributed by atoms with van der Waals surface area (Å²) in [4.78, 5) is 8.96. The summed E-state index contributed by atoms with van der Waals surface area (Å²) in [6.07, 6.45) is 5.11. The third-order valence-corrected chi connectivity index (χ3v) is 5.79. The molecule has 2 aromatic rings. The van der Waals surface area contributed by atoms with E-state index in [4.69, 9.17) is 21.1 Å². The summed E-state index contributed by atoms with van der Waals surface area (Å²) in [5, 5.41) is 0.427. The fraction of sp³-hybridized carbons (Fsp3) is 0.391. The Morgan fingerprint density at radius 2 is 2.00 bits per heavy atom. The molecule has 0 N–H and O–H groups in total. The zero-order valence-corrected chi connectivity index (χ0v) is 17.3. The van der Waals surface area contributed by atoms with Gasteiger partial charge in [-0.3, -0.25) is 0 Å². The van der Waals surface area contributed by atoms with E-state index >= 15 is 0 Å². The molecule has 1 radical (unpaired) electrons. The molecule has 0 saturated carbocycles. The highest BCUT2D eigenvalue weighted by Crippen LogP contribution is 2.24. The average Bonchev–Trinajstić information content (AvgIpc) is 3.37. The van der Waals surface area contributed by atoms with Gasteiger partial charge in [0.15, 0.2) is 6.10 Å². The van der Waals surface area contributed by atoms with Gasteiger partial charge in [0.2, 0.25) is 5.90 Å². The van der Waals surface area contributed by atoms with Gasteiger partial charge in [-0.25, -0.2) is 18.8 Å². The standard InChI is InChI=1S/C23H22ClF2N2O2/c1-14-10-15(2-8-20(14)26)3-9-21-22(30-13-27-21)23-28-18(12-29-23)7-5-16-4-6-17(25)11-19(16)24/h2,4,6,8,10-11,18,21-22H,3,5,7,9,12H2,1H3. The zero-order valence-electron chi connectivity index (χ0n) is 16.6. The predicted molar refractivity (Wildman–Crippen MR) is 112 cm³/mol. The minimum Gasteiger partial charge on any atom is -0.476 e. The molecule has 0 saturated heterocycles. The van der Waals surface area contributed by atoms with E-state index in [-0.39, 0.29) is 29.8 Å². The first-order valence-corrected chi connectivity index (χ1v) is 10.4. The fourth-order valence-corrected chi connectivity index (χ4v) is 3.96. The van der Waals surface area contributed by atoms with Crippen molar-refractivity contribution in [3.63, 3.8) is 0 Å². The van der Waals surface area contributed by atoms with E-state index in [1.807, 2.05) is 6.07 Å². The minimum atomic E-state index is -0.383. The molecular formula is C23H22ClF2N2O2. The molecule has 2 aliphatic heterocycles. The molecule has 2 aromatic carbocycles. The summed E-state index contributed by atoms with van der Waals surface area (Å²) in [7, 11) is 0. The number of aliphatic imine (C=N–C) groups is 2. The van der Waals surface area contributed by atoms with Crippen LogP contribution in [0, 0.1) is 18.6 Å². The summed E-state index contributed by atoms with van der Waals surface area (Å²) in [5.74, 6) is -0.00201. The van der Waals surface area contributed by atoms with Gasteiger partial charge in [0.1, 0.15) is 24.3 Å². The first-order chi connectivity index (χ1) is 14.5. The second-order valence-corrected chi connectivity index (χ2v) is 8.06. The topological polar surface area (TPSA) is 43.2 Å². The largest absolute Gasteiger partial charge is 0.476 e. The predicted octanol–water partition coefficient (Wildman–Crippen LogP) is 4.96. The van der Waals surface area contributed by atoms with Crippen molar-refractivity contribution in [2.45, 2.75) is 50.8 Å². The van der Waals surface area contributed by atoms with Crippen LogP contribution in [0.15, 0.2) is 46.4 Å². The highest BCUT2D eigenvalue weighted by Gasteiger charge is 2.36. The third-order valence-electron chi connectivity index (χ3n) is 5.44. The van der Waals surface area contributed by atoms with Crippen molar-refractivity contribution < 1.29 is 18.3 Å². The number of aryl methyl sites for hydroxylation is 3. The molecule has 0 amide bonds. The van der Waals surface area contributed by atoms with Gasteiger partial charge < -0.3 is 9.47 Å². The van der Waals surface area contributed by atoms with Crippen molar-refractivity contribution in [2.24, 2.45) is 9.98 Å². The lowest BCUT2D eigenvalue weighted by atomic mass is 10.0. The van der Waals surface area contributed by atoms with Gasteiger partial charge in [0.25, 0.3) is 6.40 Å². The molecular weight excluding hydrogens is 410 g/mol. The zero-order chi connectivity index (χ0) is 21.1. The Bertz CT molecular complexity index is 980. The number of benzene rings is 2. The molecule has 2 heterocycles. The SMILES string of the molecule is Cc1cc(CCC2N=[C]OC2C2=NC(CCc3ccc(F)cc3Cl)CO2)ccc1F. The lowest BCUT2D eigenvalue weighted by Crippen LogP contribution is -2.31. The molecule has 3 atom stereocenters. The van der Waals surface area contributed by atoms with Crippen LogP contribution in [0.5, 0.6) is 0 Å². The van der Waals surface area contributed by atoms with E-state index in [0.29, 0.717) is 29.5 Å². The molecule has 0 fully saturated rings. The van der Waals surface area contributed by atoms with Crippen molar-refractivity contribution in [3.8, 4) is 0 Å². The van der Waals surface area contributed by atoms with Gasteiger partial charge in [0, 0.05) is 5.02 Å². The van der Waals surface area contributed by atoms with E-state index in [1.165, 1.54) is 18.2 Å². The van der Waals surface area contributed by atoms with Gasteiger partial charge in [-0.15, -0.1) is 0 Å². The summed E-state index contributed by atoms with van der Waals surface area (Å²) in [5.41, 5.74) is 2.58. The van der Waals surface area contributed by atoms with Crippen molar-refractivity contribution in [3.05, 3.63) is 69.7 Å². The monoisotopic (exact) mass is 431 g/mol. The number of halogens is 3. The Hall–Kier alpha value is -2.47. The van der Waals surface area contributed by atoms with E-state index in [1.54, 1.807) is 19.1 Å². The second kappa shape index (κ2) is 9.13. The molecule has 0 aliphatic carbocycles.